The van der Waals surface area contributed by atoms with Crippen LogP contribution >= 0.6 is 0 Å². The van der Waals surface area contributed by atoms with Crippen LogP contribution in [0, 0.1) is 0 Å². The van der Waals surface area contributed by atoms with Crippen molar-refractivity contribution in [2.45, 2.75) is 34.1 Å². The van der Waals surface area contributed by atoms with Gasteiger partial charge in [-0.3, -0.25) is 9.59 Å². The summed E-state index contributed by atoms with van der Waals surface area (Å²) >= 11 is 0. The number of nitrogens with zero attached hydrogens (tertiary/aromatic N) is 1. The molecule has 5 nitrogen and oxygen atoms in total. The highest BCUT2D eigenvalue weighted by atomic mass is 16.1. The molecule has 0 aliphatic carbocycles. The first-order valence-electron chi connectivity index (χ1n) is 11.0. The maximum Gasteiger partial charge on any atom is 0.250 e. The molecule has 0 atom stereocenters. The standard InChI is InChI=1S/C27H31N3O2/c1-6-12-30(9-4)21(8-3)13-18(7-2)20-14-23-22-11-10-19(17(5)31)16-25(22)29-26(23)24(15-20)27(28)32/h7-8,10-11,13-16,29H,3,6,9,12H2,1-2,4-5H3,(H2,28,32)/b18-7+,21-13+. The van der Waals surface area contributed by atoms with Gasteiger partial charge in [-0.15, -0.1) is 0 Å². The minimum absolute atomic E-state index is 0.00720. The van der Waals surface area contributed by atoms with E-state index in [0.717, 1.165) is 52.6 Å². The number of allylic oxidation sites excluding steroid dienone is 4. The highest BCUT2D eigenvalue weighted by Crippen LogP contribution is 2.32. The van der Waals surface area contributed by atoms with Gasteiger partial charge in [0.15, 0.2) is 5.78 Å². The van der Waals surface area contributed by atoms with E-state index in [1.165, 1.54) is 6.92 Å². The van der Waals surface area contributed by atoms with Crippen molar-refractivity contribution in [3.63, 3.8) is 0 Å². The van der Waals surface area contributed by atoms with E-state index >= 15 is 0 Å². The fourth-order valence-electron chi connectivity index (χ4n) is 4.10. The molecule has 32 heavy (non-hydrogen) atoms. The molecule has 0 fully saturated rings. The number of H-pyrrole nitrogens is 1. The number of Topliss-reactive ketones (excluding diaryl/α,β-unsaturated/α-hetero) is 1. The molecule has 0 saturated heterocycles. The second kappa shape index (κ2) is 9.69. The van der Waals surface area contributed by atoms with Crippen LogP contribution in [0.1, 0.15) is 60.4 Å². The van der Waals surface area contributed by atoms with Crippen molar-refractivity contribution >= 4 is 39.1 Å². The number of carbonyl (C=O) groups is 2. The molecule has 1 heterocycles. The van der Waals surface area contributed by atoms with Crippen molar-refractivity contribution in [2.75, 3.05) is 13.1 Å². The van der Waals surface area contributed by atoms with E-state index in [2.05, 4.69) is 42.5 Å². The molecule has 5 heteroatoms. The molecule has 0 aliphatic heterocycles. The first-order chi connectivity index (χ1) is 15.3. The number of benzene rings is 2. The number of carbonyl (C=O) groups excluding carboxylic acids is 2. The molecule has 1 aromatic heterocycles. The van der Waals surface area contributed by atoms with E-state index in [1.807, 2.05) is 43.3 Å². The largest absolute Gasteiger partial charge is 0.372 e. The van der Waals surface area contributed by atoms with Gasteiger partial charge in [0.1, 0.15) is 0 Å². The molecule has 1 amide bonds. The van der Waals surface area contributed by atoms with Gasteiger partial charge in [0.05, 0.1) is 11.1 Å². The lowest BCUT2D eigenvalue weighted by atomic mass is 9.97. The molecule has 3 rings (SSSR count). The summed E-state index contributed by atoms with van der Waals surface area (Å²) in [6, 6.07) is 9.44. The molecule has 2 aromatic carbocycles. The molecule has 166 valence electrons. The number of likely N-dealkylation sites (N-methyl/N-ethyl adjacent to an activating group) is 1. The summed E-state index contributed by atoms with van der Waals surface area (Å²) in [7, 11) is 0. The molecular formula is C27H31N3O2. The van der Waals surface area contributed by atoms with E-state index in [9.17, 15) is 9.59 Å². The SMILES string of the molecule is C=C/C(=C\C(=C/C)c1cc(C(N)=O)c2[nH]c3cc(C(C)=O)ccc3c2c1)N(CC)CCC. The Morgan fingerprint density at radius 1 is 1.12 bits per heavy atom. The Morgan fingerprint density at radius 3 is 2.44 bits per heavy atom. The predicted octanol–water partition coefficient (Wildman–Crippen LogP) is 5.83. The summed E-state index contributed by atoms with van der Waals surface area (Å²) in [5.41, 5.74) is 11.2. The maximum absolute atomic E-state index is 12.3. The second-order valence-corrected chi connectivity index (χ2v) is 7.85. The Hall–Kier alpha value is -3.60. The number of fused-ring (bicyclic) bond motifs is 3. The van der Waals surface area contributed by atoms with E-state index in [4.69, 9.17) is 5.73 Å². The quantitative estimate of drug-likeness (QED) is 0.332. The first-order valence-corrected chi connectivity index (χ1v) is 11.0. The third-order valence-electron chi connectivity index (χ3n) is 5.78. The number of nitrogens with one attached hydrogen (secondary N) is 1. The lowest BCUT2D eigenvalue weighted by Crippen LogP contribution is -2.22. The number of rotatable bonds is 9. The monoisotopic (exact) mass is 429 g/mol. The van der Waals surface area contributed by atoms with Gasteiger partial charge in [-0.25, -0.2) is 0 Å². The van der Waals surface area contributed by atoms with Gasteiger partial charge in [0, 0.05) is 40.6 Å². The Bertz CT molecular complexity index is 1260. The molecule has 3 aromatic rings. The molecule has 0 radical (unpaired) electrons. The van der Waals surface area contributed by atoms with E-state index in [-0.39, 0.29) is 5.78 Å². The average Bonchev–Trinajstić information content (AvgIpc) is 3.15. The lowest BCUT2D eigenvalue weighted by molar-refractivity contribution is 0.0997. The third-order valence-corrected chi connectivity index (χ3v) is 5.78. The number of hydrogen-bond acceptors (Lipinski definition) is 3. The van der Waals surface area contributed by atoms with Crippen LogP contribution in [0.25, 0.3) is 27.4 Å². The number of ketones is 1. The summed E-state index contributed by atoms with van der Waals surface area (Å²) in [4.78, 5) is 29.7. The zero-order valence-corrected chi connectivity index (χ0v) is 19.3. The summed E-state index contributed by atoms with van der Waals surface area (Å²) in [6.45, 7) is 13.6. The fraction of sp³-hybridized carbons (Fsp3) is 0.259. The first kappa shape index (κ1) is 23.1. The summed E-state index contributed by atoms with van der Waals surface area (Å²) < 4.78 is 0. The van der Waals surface area contributed by atoms with Crippen LogP contribution in [0.4, 0.5) is 0 Å². The van der Waals surface area contributed by atoms with E-state index in [0.29, 0.717) is 16.6 Å². The zero-order chi connectivity index (χ0) is 23.4. The van der Waals surface area contributed by atoms with Crippen LogP contribution in [0.3, 0.4) is 0 Å². The molecule has 3 N–H and O–H groups in total. The van der Waals surface area contributed by atoms with Crippen LogP contribution in [0.2, 0.25) is 0 Å². The van der Waals surface area contributed by atoms with Crippen molar-refractivity contribution < 1.29 is 9.59 Å². The fourth-order valence-corrected chi connectivity index (χ4v) is 4.10. The number of hydrogen-bond donors (Lipinski definition) is 2. The number of primary amides is 1. The average molecular weight is 430 g/mol. The highest BCUT2D eigenvalue weighted by molar-refractivity contribution is 6.16. The van der Waals surface area contributed by atoms with Crippen molar-refractivity contribution in [1.82, 2.24) is 9.88 Å². The maximum atomic E-state index is 12.3. The van der Waals surface area contributed by atoms with Crippen molar-refractivity contribution in [3.8, 4) is 0 Å². The van der Waals surface area contributed by atoms with Gasteiger partial charge >= 0.3 is 0 Å². The molecular weight excluding hydrogens is 398 g/mol. The van der Waals surface area contributed by atoms with Crippen LogP contribution in [0.5, 0.6) is 0 Å². The number of aromatic nitrogens is 1. The Balaban J connectivity index is 2.24. The third kappa shape index (κ3) is 4.37. The Kier molecular flexibility index (Phi) is 6.98. The number of nitrogens with two attached hydrogens (primary N) is 1. The smallest absolute Gasteiger partial charge is 0.250 e. The van der Waals surface area contributed by atoms with Gasteiger partial charge in [0.25, 0.3) is 5.91 Å². The van der Waals surface area contributed by atoms with E-state index < -0.39 is 5.91 Å². The van der Waals surface area contributed by atoms with Crippen LogP contribution < -0.4 is 5.73 Å². The minimum Gasteiger partial charge on any atom is -0.372 e. The topological polar surface area (TPSA) is 79.2 Å². The predicted molar refractivity (Wildman–Crippen MR) is 134 cm³/mol. The van der Waals surface area contributed by atoms with Crippen molar-refractivity contribution in [1.29, 1.82) is 0 Å². The van der Waals surface area contributed by atoms with Gasteiger partial charge in [0.2, 0.25) is 0 Å². The van der Waals surface area contributed by atoms with E-state index in [1.54, 1.807) is 0 Å². The molecule has 0 spiro atoms. The highest BCUT2D eigenvalue weighted by Gasteiger charge is 2.16. The second-order valence-electron chi connectivity index (χ2n) is 7.85. The summed E-state index contributed by atoms with van der Waals surface area (Å²) in [5, 5.41) is 1.84. The van der Waals surface area contributed by atoms with Gasteiger partial charge in [-0.05, 0) is 68.7 Å². The number of amides is 1. The van der Waals surface area contributed by atoms with Crippen molar-refractivity contribution in [2.24, 2.45) is 5.73 Å². The van der Waals surface area contributed by atoms with Gasteiger partial charge in [-0.2, -0.15) is 0 Å². The summed E-state index contributed by atoms with van der Waals surface area (Å²) in [5.74, 6) is -0.507. The summed E-state index contributed by atoms with van der Waals surface area (Å²) in [6.07, 6.45) is 7.03. The molecule has 0 saturated carbocycles. The normalized spacial score (nSPS) is 12.4. The van der Waals surface area contributed by atoms with Crippen molar-refractivity contribution in [3.05, 3.63) is 77.5 Å². The number of aromatic amines is 1. The lowest BCUT2D eigenvalue weighted by Gasteiger charge is -2.24. The van der Waals surface area contributed by atoms with Crippen LogP contribution in [-0.2, 0) is 0 Å². The Morgan fingerprint density at radius 2 is 1.88 bits per heavy atom. The molecule has 0 bridgehead atoms. The molecule has 0 aliphatic rings. The van der Waals surface area contributed by atoms with Gasteiger partial charge < -0.3 is 15.6 Å². The zero-order valence-electron chi connectivity index (χ0n) is 19.3. The van der Waals surface area contributed by atoms with Gasteiger partial charge in [-0.1, -0.05) is 31.7 Å². The Labute approximate surface area is 189 Å². The van der Waals surface area contributed by atoms with Crippen LogP contribution in [0.15, 0.2) is 60.8 Å². The molecule has 0 unspecified atom stereocenters. The van der Waals surface area contributed by atoms with Crippen LogP contribution in [-0.4, -0.2) is 34.7 Å². The minimum atomic E-state index is -0.500.